The van der Waals surface area contributed by atoms with E-state index in [1.165, 1.54) is 23.9 Å². The molecular formula is C22H21N3O3. The first-order valence-electron chi connectivity index (χ1n) is 9.42. The van der Waals surface area contributed by atoms with Crippen molar-refractivity contribution < 1.29 is 14.3 Å². The van der Waals surface area contributed by atoms with Crippen LogP contribution in [0.1, 0.15) is 50.2 Å². The van der Waals surface area contributed by atoms with Gasteiger partial charge in [0.2, 0.25) is 0 Å². The lowest BCUT2D eigenvalue weighted by Gasteiger charge is -2.16. The topological polar surface area (TPSA) is 74.1 Å². The van der Waals surface area contributed by atoms with Gasteiger partial charge in [-0.05, 0) is 60.6 Å². The molecule has 0 fully saturated rings. The standard InChI is InChI=1S/C22H21N3O3/c26-21(20-10-9-17-3-1-2-4-19(17)11-20)13-28-22(27)18-7-5-16(6-8-18)12-25-15-23-14-24-25/h5-11,14-15H,1-4,12-13H2. The molecule has 0 aliphatic heterocycles. The molecule has 0 spiro atoms. The molecular weight excluding hydrogens is 354 g/mol. The monoisotopic (exact) mass is 375 g/mol. The number of hydrogen-bond donors (Lipinski definition) is 0. The van der Waals surface area contributed by atoms with E-state index >= 15 is 0 Å². The molecule has 2 aromatic carbocycles. The van der Waals surface area contributed by atoms with E-state index in [0.29, 0.717) is 17.7 Å². The molecule has 0 radical (unpaired) electrons. The number of ketones is 1. The van der Waals surface area contributed by atoms with Gasteiger partial charge in [0.05, 0.1) is 12.1 Å². The summed E-state index contributed by atoms with van der Waals surface area (Å²) in [4.78, 5) is 28.5. The smallest absolute Gasteiger partial charge is 0.338 e. The highest BCUT2D eigenvalue weighted by atomic mass is 16.5. The molecule has 3 aromatic rings. The number of benzene rings is 2. The van der Waals surface area contributed by atoms with Gasteiger partial charge in [-0.3, -0.25) is 4.79 Å². The Morgan fingerprint density at radius 2 is 1.71 bits per heavy atom. The zero-order chi connectivity index (χ0) is 19.3. The summed E-state index contributed by atoms with van der Waals surface area (Å²) in [5, 5.41) is 4.05. The average molecular weight is 375 g/mol. The summed E-state index contributed by atoms with van der Waals surface area (Å²) in [6.07, 6.45) is 7.56. The minimum Gasteiger partial charge on any atom is -0.454 e. The number of carbonyl (C=O) groups excluding carboxylic acids is 2. The van der Waals surface area contributed by atoms with Crippen LogP contribution in [0.15, 0.2) is 55.1 Å². The lowest BCUT2D eigenvalue weighted by atomic mass is 9.90. The van der Waals surface area contributed by atoms with Crippen molar-refractivity contribution in [1.29, 1.82) is 0 Å². The number of nitrogens with zero attached hydrogens (tertiary/aromatic N) is 3. The number of carbonyl (C=O) groups is 2. The van der Waals surface area contributed by atoms with Crippen molar-refractivity contribution >= 4 is 11.8 Å². The van der Waals surface area contributed by atoms with Crippen molar-refractivity contribution in [1.82, 2.24) is 14.8 Å². The predicted octanol–water partition coefficient (Wildman–Crippen LogP) is 3.24. The normalized spacial score (nSPS) is 13.0. The number of Topliss-reactive ketones (excluding diaryl/α,β-unsaturated/α-hetero) is 1. The van der Waals surface area contributed by atoms with E-state index in [0.717, 1.165) is 24.8 Å². The fourth-order valence-corrected chi connectivity index (χ4v) is 3.45. The molecule has 0 amide bonds. The van der Waals surface area contributed by atoms with Crippen molar-refractivity contribution in [2.24, 2.45) is 0 Å². The Bertz CT molecular complexity index is 979. The minimum atomic E-state index is -0.501. The zero-order valence-electron chi connectivity index (χ0n) is 15.5. The van der Waals surface area contributed by atoms with Crippen LogP contribution in [-0.4, -0.2) is 33.1 Å². The van der Waals surface area contributed by atoms with Crippen LogP contribution in [0.3, 0.4) is 0 Å². The van der Waals surface area contributed by atoms with Gasteiger partial charge in [-0.1, -0.05) is 24.3 Å². The number of esters is 1. The Morgan fingerprint density at radius 1 is 0.964 bits per heavy atom. The van der Waals surface area contributed by atoms with E-state index in [1.54, 1.807) is 23.1 Å². The van der Waals surface area contributed by atoms with Crippen LogP contribution in [0.5, 0.6) is 0 Å². The molecule has 1 aromatic heterocycles. The number of rotatable bonds is 6. The highest BCUT2D eigenvalue weighted by Gasteiger charge is 2.15. The molecule has 0 unspecified atom stereocenters. The van der Waals surface area contributed by atoms with Gasteiger partial charge in [-0.25, -0.2) is 14.5 Å². The maximum atomic E-state index is 12.4. The average Bonchev–Trinajstić information content (AvgIpc) is 3.25. The first-order chi connectivity index (χ1) is 13.7. The van der Waals surface area contributed by atoms with Gasteiger partial charge in [0, 0.05) is 5.56 Å². The second-order valence-electron chi connectivity index (χ2n) is 6.98. The molecule has 0 N–H and O–H groups in total. The largest absolute Gasteiger partial charge is 0.454 e. The first kappa shape index (κ1) is 18.1. The van der Waals surface area contributed by atoms with Crippen molar-refractivity contribution in [2.45, 2.75) is 32.2 Å². The van der Waals surface area contributed by atoms with E-state index in [9.17, 15) is 9.59 Å². The highest BCUT2D eigenvalue weighted by Crippen LogP contribution is 2.22. The summed E-state index contributed by atoms with van der Waals surface area (Å²) in [6.45, 7) is 0.324. The van der Waals surface area contributed by atoms with Gasteiger partial charge in [0.15, 0.2) is 12.4 Å². The van der Waals surface area contributed by atoms with E-state index in [-0.39, 0.29) is 12.4 Å². The van der Waals surface area contributed by atoms with Gasteiger partial charge in [-0.2, -0.15) is 5.10 Å². The number of aromatic nitrogens is 3. The van der Waals surface area contributed by atoms with Crippen molar-refractivity contribution in [2.75, 3.05) is 6.61 Å². The summed E-state index contributed by atoms with van der Waals surface area (Å²) in [6, 6.07) is 12.9. The van der Waals surface area contributed by atoms with Gasteiger partial charge in [-0.15, -0.1) is 0 Å². The molecule has 0 saturated carbocycles. The molecule has 0 bridgehead atoms. The van der Waals surface area contributed by atoms with Crippen LogP contribution in [0.2, 0.25) is 0 Å². The quantitative estimate of drug-likeness (QED) is 0.488. The Kier molecular flexibility index (Phi) is 5.28. The van der Waals surface area contributed by atoms with E-state index in [1.807, 2.05) is 30.3 Å². The third-order valence-corrected chi connectivity index (χ3v) is 5.01. The fraction of sp³-hybridized carbons (Fsp3) is 0.273. The third kappa shape index (κ3) is 4.17. The molecule has 0 atom stereocenters. The van der Waals surface area contributed by atoms with Crippen LogP contribution in [0.4, 0.5) is 0 Å². The molecule has 28 heavy (non-hydrogen) atoms. The van der Waals surface area contributed by atoms with Crippen LogP contribution in [-0.2, 0) is 24.1 Å². The highest BCUT2D eigenvalue weighted by molar-refractivity contribution is 5.99. The summed E-state index contributed by atoms with van der Waals surface area (Å²) in [5.41, 5.74) is 4.58. The molecule has 6 heteroatoms. The van der Waals surface area contributed by atoms with Gasteiger partial charge >= 0.3 is 5.97 Å². The Morgan fingerprint density at radius 3 is 2.46 bits per heavy atom. The predicted molar refractivity (Wildman–Crippen MR) is 103 cm³/mol. The maximum Gasteiger partial charge on any atom is 0.338 e. The van der Waals surface area contributed by atoms with Crippen LogP contribution < -0.4 is 0 Å². The SMILES string of the molecule is O=C(COC(=O)c1ccc(Cn2cncn2)cc1)c1ccc2c(c1)CCCC2. The number of ether oxygens (including phenoxy) is 1. The van der Waals surface area contributed by atoms with E-state index in [4.69, 9.17) is 4.74 Å². The molecule has 6 nitrogen and oxygen atoms in total. The zero-order valence-corrected chi connectivity index (χ0v) is 15.5. The molecule has 0 saturated heterocycles. The summed E-state index contributed by atoms with van der Waals surface area (Å²) < 4.78 is 6.92. The number of fused-ring (bicyclic) bond motifs is 1. The molecule has 4 rings (SSSR count). The second-order valence-corrected chi connectivity index (χ2v) is 6.98. The van der Waals surface area contributed by atoms with Crippen molar-refractivity contribution in [3.8, 4) is 0 Å². The van der Waals surface area contributed by atoms with E-state index < -0.39 is 5.97 Å². The summed E-state index contributed by atoms with van der Waals surface area (Å²) in [5.74, 6) is -0.678. The van der Waals surface area contributed by atoms with Gasteiger partial charge in [0.25, 0.3) is 0 Å². The third-order valence-electron chi connectivity index (χ3n) is 5.01. The number of hydrogen-bond acceptors (Lipinski definition) is 5. The van der Waals surface area contributed by atoms with Gasteiger partial charge in [0.1, 0.15) is 12.7 Å². The van der Waals surface area contributed by atoms with Crippen LogP contribution in [0, 0.1) is 0 Å². The maximum absolute atomic E-state index is 12.4. The fourth-order valence-electron chi connectivity index (χ4n) is 3.45. The van der Waals surface area contributed by atoms with Gasteiger partial charge < -0.3 is 4.74 Å². The molecule has 1 heterocycles. The van der Waals surface area contributed by atoms with Crippen LogP contribution in [0.25, 0.3) is 0 Å². The molecule has 142 valence electrons. The summed E-state index contributed by atoms with van der Waals surface area (Å²) in [7, 11) is 0. The second kappa shape index (κ2) is 8.17. The molecule has 1 aliphatic rings. The molecule has 1 aliphatic carbocycles. The minimum absolute atomic E-state index is 0.176. The van der Waals surface area contributed by atoms with Crippen molar-refractivity contribution in [3.63, 3.8) is 0 Å². The Hall–Kier alpha value is -3.28. The van der Waals surface area contributed by atoms with Crippen LogP contribution >= 0.6 is 0 Å². The number of aryl methyl sites for hydroxylation is 2. The Balaban J connectivity index is 1.34. The van der Waals surface area contributed by atoms with Crippen molar-refractivity contribution in [3.05, 3.63) is 82.9 Å². The first-order valence-corrected chi connectivity index (χ1v) is 9.42. The lowest BCUT2D eigenvalue weighted by Crippen LogP contribution is -2.15. The summed E-state index contributed by atoms with van der Waals surface area (Å²) >= 11 is 0. The Labute approximate surface area is 163 Å². The van der Waals surface area contributed by atoms with E-state index in [2.05, 4.69) is 10.1 Å². The lowest BCUT2D eigenvalue weighted by molar-refractivity contribution is 0.0474.